The first-order valence-corrected chi connectivity index (χ1v) is 17.4. The van der Waals surface area contributed by atoms with E-state index in [1.54, 1.807) is 64.1 Å². The molecule has 0 saturated carbocycles. The molecule has 0 spiro atoms. The van der Waals surface area contributed by atoms with Gasteiger partial charge in [-0.25, -0.2) is 0 Å². The predicted octanol–water partition coefficient (Wildman–Crippen LogP) is 3.69. The van der Waals surface area contributed by atoms with Gasteiger partial charge in [0.25, 0.3) is 0 Å². The van der Waals surface area contributed by atoms with Gasteiger partial charge < -0.3 is 40.9 Å². The molecule has 16 nitrogen and oxygen atoms in total. The van der Waals surface area contributed by atoms with Crippen molar-refractivity contribution in [1.29, 1.82) is 0 Å². The first-order valence-electron chi connectivity index (χ1n) is 17.4. The average Bonchev–Trinajstić information content (AvgIpc) is 3.11. The standard InChI is InChI=1S/2C20H24N2O6/c1-11-3-5-15(23)13(9-11)17(19(25)26)21-7-8-22-18(20(27)28)14-10-12(2)4-6-16(14)24;1-11-3-5-13(15(23)9-11)17(19(25)26)21-7-8-22-18(20(27)28)14-6-4-12(2)10-16(14)24/h2*3-6,9-10,17-18,21-24H,7-8H2,1-2H3,(H,25,26)(H,27,28). The number of phenolic OH excluding ortho intramolecular Hbond substituents is 4. The number of aromatic hydroxyl groups is 4. The summed E-state index contributed by atoms with van der Waals surface area (Å²) in [6.45, 7) is 7.64. The van der Waals surface area contributed by atoms with Crippen LogP contribution in [0.25, 0.3) is 0 Å². The summed E-state index contributed by atoms with van der Waals surface area (Å²) in [6, 6.07) is 14.2. The summed E-state index contributed by atoms with van der Waals surface area (Å²) in [4.78, 5) is 46.3. The van der Waals surface area contributed by atoms with Crippen LogP contribution in [0.1, 0.15) is 68.7 Å². The number of phenols is 4. The van der Waals surface area contributed by atoms with Crippen molar-refractivity contribution in [3.05, 3.63) is 117 Å². The Kier molecular flexibility index (Phi) is 16.2. The number of hydrogen-bond donors (Lipinski definition) is 12. The second-order valence-electron chi connectivity index (χ2n) is 13.2. The van der Waals surface area contributed by atoms with Gasteiger partial charge in [-0.1, -0.05) is 59.7 Å². The summed E-state index contributed by atoms with van der Waals surface area (Å²) in [6.07, 6.45) is 0. The van der Waals surface area contributed by atoms with Crippen molar-refractivity contribution < 1.29 is 60.0 Å². The van der Waals surface area contributed by atoms with Crippen molar-refractivity contribution in [3.8, 4) is 23.0 Å². The van der Waals surface area contributed by atoms with E-state index in [1.165, 1.54) is 36.4 Å². The lowest BCUT2D eigenvalue weighted by atomic mass is 10.0. The molecule has 12 N–H and O–H groups in total. The van der Waals surface area contributed by atoms with Crippen LogP contribution in [0.4, 0.5) is 0 Å². The lowest BCUT2D eigenvalue weighted by Gasteiger charge is -2.19. The van der Waals surface area contributed by atoms with Crippen LogP contribution in [0.2, 0.25) is 0 Å². The third-order valence-corrected chi connectivity index (χ3v) is 8.61. The minimum absolute atomic E-state index is 0.124. The molecular weight excluding hydrogens is 728 g/mol. The van der Waals surface area contributed by atoms with Crippen LogP contribution in [-0.2, 0) is 19.2 Å². The van der Waals surface area contributed by atoms with Gasteiger partial charge in [-0.15, -0.1) is 0 Å². The number of benzene rings is 4. The fraction of sp³-hybridized carbons (Fsp3) is 0.300. The number of rotatable bonds is 18. The van der Waals surface area contributed by atoms with Crippen LogP contribution in [0.15, 0.2) is 72.8 Å². The largest absolute Gasteiger partial charge is 0.508 e. The molecule has 0 aliphatic rings. The second-order valence-corrected chi connectivity index (χ2v) is 13.2. The van der Waals surface area contributed by atoms with Crippen molar-refractivity contribution in [2.75, 3.05) is 26.2 Å². The maximum atomic E-state index is 11.6. The van der Waals surface area contributed by atoms with Crippen LogP contribution in [0.3, 0.4) is 0 Å². The van der Waals surface area contributed by atoms with Crippen molar-refractivity contribution in [1.82, 2.24) is 21.3 Å². The van der Waals surface area contributed by atoms with Crippen LogP contribution in [0, 0.1) is 27.7 Å². The minimum Gasteiger partial charge on any atom is -0.508 e. The summed E-state index contributed by atoms with van der Waals surface area (Å²) >= 11 is 0. The molecule has 0 aliphatic heterocycles. The smallest absolute Gasteiger partial charge is 0.325 e. The molecule has 56 heavy (non-hydrogen) atoms. The Labute approximate surface area is 323 Å². The molecule has 4 atom stereocenters. The van der Waals surface area contributed by atoms with E-state index in [1.807, 2.05) is 0 Å². The molecule has 16 heteroatoms. The number of carboxylic acid groups (broad SMARTS) is 4. The van der Waals surface area contributed by atoms with Crippen molar-refractivity contribution in [2.24, 2.45) is 0 Å². The van der Waals surface area contributed by atoms with E-state index in [0.29, 0.717) is 0 Å². The van der Waals surface area contributed by atoms with E-state index in [2.05, 4.69) is 21.3 Å². The maximum Gasteiger partial charge on any atom is 0.325 e. The molecule has 0 saturated heterocycles. The summed E-state index contributed by atoms with van der Waals surface area (Å²) < 4.78 is 0. The SMILES string of the molecule is Cc1ccc(C(NCCNC(C(=O)O)c2ccc(C)cc2O)C(=O)O)c(O)c1.Cc1ccc(O)c(C(NCCNC(C(=O)O)c2cc(C)ccc2O)C(=O)O)c1. The highest BCUT2D eigenvalue weighted by Gasteiger charge is 2.26. The van der Waals surface area contributed by atoms with E-state index >= 15 is 0 Å². The molecule has 4 aromatic carbocycles. The van der Waals surface area contributed by atoms with Gasteiger partial charge in [0.15, 0.2) is 0 Å². The molecule has 0 aromatic heterocycles. The fourth-order valence-corrected chi connectivity index (χ4v) is 5.79. The Hall–Kier alpha value is -6.20. The normalized spacial score (nSPS) is 13.1. The molecule has 0 heterocycles. The van der Waals surface area contributed by atoms with Gasteiger partial charge >= 0.3 is 23.9 Å². The molecule has 0 aliphatic carbocycles. The molecule has 0 radical (unpaired) electrons. The zero-order valence-corrected chi connectivity index (χ0v) is 31.3. The van der Waals surface area contributed by atoms with Gasteiger partial charge in [-0.2, -0.15) is 0 Å². The summed E-state index contributed by atoms with van der Waals surface area (Å²) in [7, 11) is 0. The van der Waals surface area contributed by atoms with Gasteiger partial charge in [0.2, 0.25) is 0 Å². The Morgan fingerprint density at radius 1 is 0.393 bits per heavy atom. The van der Waals surface area contributed by atoms with Gasteiger partial charge in [-0.05, 0) is 63.1 Å². The van der Waals surface area contributed by atoms with Gasteiger partial charge in [0.05, 0.1) is 0 Å². The van der Waals surface area contributed by atoms with Crippen molar-refractivity contribution in [3.63, 3.8) is 0 Å². The summed E-state index contributed by atoms with van der Waals surface area (Å²) in [5.41, 5.74) is 4.13. The number of aliphatic carboxylic acids is 4. The van der Waals surface area contributed by atoms with Crippen LogP contribution < -0.4 is 21.3 Å². The first-order chi connectivity index (χ1) is 26.4. The lowest BCUT2D eigenvalue weighted by molar-refractivity contribution is -0.141. The van der Waals surface area contributed by atoms with Crippen molar-refractivity contribution >= 4 is 23.9 Å². The first kappa shape index (κ1) is 44.2. The van der Waals surface area contributed by atoms with Gasteiger partial charge in [0, 0.05) is 48.4 Å². The monoisotopic (exact) mass is 776 g/mol. The zero-order chi connectivity index (χ0) is 41.7. The Bertz CT molecular complexity index is 1880. The van der Waals surface area contributed by atoms with E-state index in [0.717, 1.165) is 22.3 Å². The average molecular weight is 777 g/mol. The molecule has 0 bridgehead atoms. The molecule has 0 fully saturated rings. The molecule has 4 rings (SSSR count). The summed E-state index contributed by atoms with van der Waals surface area (Å²) in [5.74, 6) is -5.16. The van der Waals surface area contributed by atoms with Crippen LogP contribution in [0.5, 0.6) is 23.0 Å². The lowest BCUT2D eigenvalue weighted by Crippen LogP contribution is -2.37. The number of aryl methyl sites for hydroxylation is 4. The number of carbonyl (C=O) groups is 4. The molecule has 4 unspecified atom stereocenters. The zero-order valence-electron chi connectivity index (χ0n) is 31.3. The second kappa shape index (κ2) is 20.5. The van der Waals surface area contributed by atoms with E-state index < -0.39 is 48.0 Å². The highest BCUT2D eigenvalue weighted by molar-refractivity contribution is 5.78. The predicted molar refractivity (Wildman–Crippen MR) is 205 cm³/mol. The van der Waals surface area contributed by atoms with Crippen LogP contribution >= 0.6 is 0 Å². The molecule has 0 amide bonds. The quantitative estimate of drug-likeness (QED) is 0.0642. The number of carboxylic acids is 4. The van der Waals surface area contributed by atoms with Crippen molar-refractivity contribution in [2.45, 2.75) is 51.9 Å². The van der Waals surface area contributed by atoms with E-state index in [4.69, 9.17) is 0 Å². The maximum absolute atomic E-state index is 11.6. The fourth-order valence-electron chi connectivity index (χ4n) is 5.79. The number of nitrogens with one attached hydrogen (secondary N) is 4. The van der Waals surface area contributed by atoms with Gasteiger partial charge in [-0.3, -0.25) is 40.4 Å². The highest BCUT2D eigenvalue weighted by Crippen LogP contribution is 2.29. The topological polar surface area (TPSA) is 278 Å². The molecule has 4 aromatic rings. The van der Waals surface area contributed by atoms with E-state index in [-0.39, 0.29) is 71.4 Å². The minimum atomic E-state index is -1.16. The third kappa shape index (κ3) is 12.4. The molecular formula is C40H48N4O12. The third-order valence-electron chi connectivity index (χ3n) is 8.61. The Morgan fingerprint density at radius 3 is 0.911 bits per heavy atom. The van der Waals surface area contributed by atoms with Gasteiger partial charge in [0.1, 0.15) is 47.2 Å². The Balaban J connectivity index is 0.000000300. The highest BCUT2D eigenvalue weighted by atomic mass is 16.4. The summed E-state index contributed by atoms with van der Waals surface area (Å²) in [5, 5.41) is 88.9. The Morgan fingerprint density at radius 2 is 0.643 bits per heavy atom. The van der Waals surface area contributed by atoms with Crippen LogP contribution in [-0.4, -0.2) is 90.9 Å². The van der Waals surface area contributed by atoms with E-state index in [9.17, 15) is 60.0 Å². The molecule has 300 valence electrons. The number of hydrogen-bond acceptors (Lipinski definition) is 12.